The number of hydrogen-bond acceptors (Lipinski definition) is 6. The van der Waals surface area contributed by atoms with Gasteiger partial charge in [0, 0.05) is 6.54 Å². The second kappa shape index (κ2) is 4.87. The Bertz CT molecular complexity index is 640. The van der Waals surface area contributed by atoms with Gasteiger partial charge in [0.25, 0.3) is 0 Å². The van der Waals surface area contributed by atoms with Gasteiger partial charge >= 0.3 is 5.97 Å². The number of nitrogens with one attached hydrogen (secondary N) is 1. The Morgan fingerprint density at radius 3 is 3.10 bits per heavy atom. The van der Waals surface area contributed by atoms with Crippen molar-refractivity contribution in [3.63, 3.8) is 0 Å². The maximum atomic E-state index is 12.9. The molecule has 2 aromatic rings. The molecular weight excluding hydrogens is 265 g/mol. The van der Waals surface area contributed by atoms with E-state index in [-0.39, 0.29) is 11.7 Å². The number of rotatable bonds is 2. The van der Waals surface area contributed by atoms with Gasteiger partial charge in [0.15, 0.2) is 5.82 Å². The molecule has 20 heavy (non-hydrogen) atoms. The zero-order valence-electron chi connectivity index (χ0n) is 10.7. The van der Waals surface area contributed by atoms with Crippen molar-refractivity contribution in [1.82, 2.24) is 20.0 Å². The zero-order valence-corrected chi connectivity index (χ0v) is 10.7. The maximum Gasteiger partial charge on any atom is 0.362 e. The summed E-state index contributed by atoms with van der Waals surface area (Å²) in [6, 6.07) is 2.77. The van der Waals surface area contributed by atoms with Gasteiger partial charge in [0.2, 0.25) is 5.69 Å². The molecule has 104 valence electrons. The summed E-state index contributed by atoms with van der Waals surface area (Å²) in [5, 5.41) is 10.9. The summed E-state index contributed by atoms with van der Waals surface area (Å²) in [5.74, 6) is -0.442. The molecule has 1 N–H and O–H groups in total. The summed E-state index contributed by atoms with van der Waals surface area (Å²) in [4.78, 5) is 15.7. The van der Waals surface area contributed by atoms with Gasteiger partial charge in [0.1, 0.15) is 5.82 Å². The standard InChI is InChI=1S/C12H12FN5O2/c1-20-12(19)10-11-14-5-4-9(18(11)17-16-10)8-3-2-7(13)6-15-8/h2-3,6,9,14H,4-5H2,1H3. The summed E-state index contributed by atoms with van der Waals surface area (Å²) in [7, 11) is 1.29. The van der Waals surface area contributed by atoms with Crippen molar-refractivity contribution in [1.29, 1.82) is 0 Å². The van der Waals surface area contributed by atoms with Crippen LogP contribution in [0.5, 0.6) is 0 Å². The van der Waals surface area contributed by atoms with Crippen LogP contribution in [0.25, 0.3) is 0 Å². The monoisotopic (exact) mass is 277 g/mol. The average molecular weight is 277 g/mol. The normalized spacial score (nSPS) is 17.2. The lowest BCUT2D eigenvalue weighted by Crippen LogP contribution is -2.26. The molecule has 0 aliphatic carbocycles. The average Bonchev–Trinajstić information content (AvgIpc) is 2.91. The van der Waals surface area contributed by atoms with Gasteiger partial charge in [-0.05, 0) is 18.6 Å². The van der Waals surface area contributed by atoms with Crippen molar-refractivity contribution in [2.75, 3.05) is 19.0 Å². The lowest BCUT2D eigenvalue weighted by Gasteiger charge is -2.24. The van der Waals surface area contributed by atoms with Crippen LogP contribution in [0.2, 0.25) is 0 Å². The van der Waals surface area contributed by atoms with Crippen molar-refractivity contribution in [3.8, 4) is 0 Å². The van der Waals surface area contributed by atoms with Crippen LogP contribution in [-0.4, -0.2) is 39.6 Å². The van der Waals surface area contributed by atoms with Crippen LogP contribution < -0.4 is 5.32 Å². The van der Waals surface area contributed by atoms with Crippen LogP contribution in [0.3, 0.4) is 0 Å². The first kappa shape index (κ1) is 12.5. The van der Waals surface area contributed by atoms with E-state index in [0.29, 0.717) is 18.1 Å². The van der Waals surface area contributed by atoms with E-state index in [1.165, 1.54) is 13.2 Å². The van der Waals surface area contributed by atoms with Crippen molar-refractivity contribution in [2.24, 2.45) is 0 Å². The largest absolute Gasteiger partial charge is 0.464 e. The molecule has 0 saturated heterocycles. The number of carbonyl (C=O) groups excluding carboxylic acids is 1. The molecular formula is C12H12FN5O2. The van der Waals surface area contributed by atoms with E-state index in [4.69, 9.17) is 0 Å². The Morgan fingerprint density at radius 2 is 2.40 bits per heavy atom. The summed E-state index contributed by atoms with van der Waals surface area (Å²) < 4.78 is 19.2. The van der Waals surface area contributed by atoms with Crippen molar-refractivity contribution >= 4 is 11.8 Å². The first-order valence-corrected chi connectivity index (χ1v) is 6.09. The maximum absolute atomic E-state index is 12.9. The van der Waals surface area contributed by atoms with E-state index < -0.39 is 11.8 Å². The topological polar surface area (TPSA) is 81.9 Å². The predicted molar refractivity (Wildman–Crippen MR) is 66.8 cm³/mol. The fraction of sp³-hybridized carbons (Fsp3) is 0.333. The summed E-state index contributed by atoms with van der Waals surface area (Å²) >= 11 is 0. The third kappa shape index (κ3) is 1.98. The van der Waals surface area contributed by atoms with Gasteiger partial charge in [-0.3, -0.25) is 4.98 Å². The number of aromatic nitrogens is 4. The highest BCUT2D eigenvalue weighted by Crippen LogP contribution is 2.29. The minimum atomic E-state index is -0.550. The number of ether oxygens (including phenoxy) is 1. The van der Waals surface area contributed by atoms with Crippen LogP contribution in [0.4, 0.5) is 10.2 Å². The second-order valence-electron chi connectivity index (χ2n) is 4.36. The predicted octanol–water partition coefficient (Wildman–Crippen LogP) is 1.00. The third-order valence-corrected chi connectivity index (χ3v) is 3.17. The molecule has 0 bridgehead atoms. The number of esters is 1. The van der Waals surface area contributed by atoms with Crippen LogP contribution in [0.15, 0.2) is 18.3 Å². The highest BCUT2D eigenvalue weighted by Gasteiger charge is 2.29. The van der Waals surface area contributed by atoms with Gasteiger partial charge in [0.05, 0.1) is 25.0 Å². The highest BCUT2D eigenvalue weighted by molar-refractivity contribution is 5.92. The molecule has 0 spiro atoms. The van der Waals surface area contributed by atoms with E-state index in [1.54, 1.807) is 10.7 Å². The number of halogens is 1. The molecule has 1 unspecified atom stereocenters. The molecule has 8 heteroatoms. The number of methoxy groups -OCH3 is 1. The van der Waals surface area contributed by atoms with Gasteiger partial charge in [-0.15, -0.1) is 5.10 Å². The lowest BCUT2D eigenvalue weighted by molar-refractivity contribution is 0.0595. The van der Waals surface area contributed by atoms with E-state index in [9.17, 15) is 9.18 Å². The third-order valence-electron chi connectivity index (χ3n) is 3.17. The molecule has 0 fully saturated rings. The summed E-state index contributed by atoms with van der Waals surface area (Å²) in [5.41, 5.74) is 0.815. The SMILES string of the molecule is COC(=O)c1nnn2c1NCCC2c1ccc(F)cn1. The fourth-order valence-electron chi connectivity index (χ4n) is 2.22. The molecule has 2 aromatic heterocycles. The molecule has 3 rings (SSSR count). The Kier molecular flexibility index (Phi) is 3.05. The molecule has 3 heterocycles. The number of anilines is 1. The Balaban J connectivity index is 2.00. The van der Waals surface area contributed by atoms with Crippen LogP contribution >= 0.6 is 0 Å². The van der Waals surface area contributed by atoms with Gasteiger partial charge in [-0.1, -0.05) is 5.21 Å². The van der Waals surface area contributed by atoms with Crippen LogP contribution in [-0.2, 0) is 4.74 Å². The first-order chi connectivity index (χ1) is 9.70. The Morgan fingerprint density at radius 1 is 1.55 bits per heavy atom. The molecule has 0 aromatic carbocycles. The fourth-order valence-corrected chi connectivity index (χ4v) is 2.22. The summed E-state index contributed by atoms with van der Waals surface area (Å²) in [6.45, 7) is 0.640. The van der Waals surface area contributed by atoms with E-state index in [2.05, 4.69) is 25.3 Å². The Hall–Kier alpha value is -2.51. The molecule has 1 aliphatic rings. The zero-order chi connectivity index (χ0) is 14.1. The minimum absolute atomic E-state index is 0.138. The quantitative estimate of drug-likeness (QED) is 0.825. The second-order valence-corrected chi connectivity index (χ2v) is 4.36. The van der Waals surface area contributed by atoms with Crippen molar-refractivity contribution in [3.05, 3.63) is 35.5 Å². The van der Waals surface area contributed by atoms with Gasteiger partial charge in [-0.25, -0.2) is 13.9 Å². The van der Waals surface area contributed by atoms with E-state index >= 15 is 0 Å². The molecule has 1 atom stereocenters. The smallest absolute Gasteiger partial charge is 0.362 e. The Labute approximate surface area is 113 Å². The number of pyridine rings is 1. The van der Waals surface area contributed by atoms with Gasteiger partial charge < -0.3 is 10.1 Å². The number of carbonyl (C=O) groups is 1. The molecule has 0 radical (unpaired) electrons. The first-order valence-electron chi connectivity index (χ1n) is 6.09. The number of nitrogens with zero attached hydrogens (tertiary/aromatic N) is 4. The molecule has 0 amide bonds. The van der Waals surface area contributed by atoms with Crippen molar-refractivity contribution < 1.29 is 13.9 Å². The van der Waals surface area contributed by atoms with Crippen LogP contribution in [0, 0.1) is 5.82 Å². The van der Waals surface area contributed by atoms with Crippen molar-refractivity contribution in [2.45, 2.75) is 12.5 Å². The van der Waals surface area contributed by atoms with Crippen LogP contribution in [0.1, 0.15) is 28.6 Å². The lowest BCUT2D eigenvalue weighted by atomic mass is 10.1. The summed E-state index contributed by atoms with van der Waals surface area (Å²) in [6.07, 6.45) is 1.88. The number of hydrogen-bond donors (Lipinski definition) is 1. The molecule has 0 saturated carbocycles. The van der Waals surface area contributed by atoms with Gasteiger partial charge in [-0.2, -0.15) is 0 Å². The van der Waals surface area contributed by atoms with E-state index in [1.807, 2.05) is 0 Å². The minimum Gasteiger partial charge on any atom is -0.464 e. The molecule has 1 aliphatic heterocycles. The number of fused-ring (bicyclic) bond motifs is 1. The molecule has 7 nitrogen and oxygen atoms in total. The highest BCUT2D eigenvalue weighted by atomic mass is 19.1. The van der Waals surface area contributed by atoms with E-state index in [0.717, 1.165) is 12.6 Å².